The topological polar surface area (TPSA) is 87.5 Å². The van der Waals surface area contributed by atoms with Crippen LogP contribution in [0.15, 0.2) is 17.4 Å². The summed E-state index contributed by atoms with van der Waals surface area (Å²) in [6.45, 7) is 3.52. The van der Waals surface area contributed by atoms with Gasteiger partial charge >= 0.3 is 5.97 Å². The summed E-state index contributed by atoms with van der Waals surface area (Å²) in [4.78, 5) is 30.7. The third-order valence-corrected chi connectivity index (χ3v) is 5.52. The van der Waals surface area contributed by atoms with Gasteiger partial charge in [0.1, 0.15) is 6.54 Å². The summed E-state index contributed by atoms with van der Waals surface area (Å²) in [6.07, 6.45) is 7.50. The summed E-state index contributed by atoms with van der Waals surface area (Å²) in [5.41, 5.74) is 1.26. The number of carbonyl (C=O) groups is 2. The smallest absolute Gasteiger partial charge is 0.309 e. The van der Waals surface area contributed by atoms with E-state index >= 15 is 0 Å². The highest BCUT2D eigenvalue weighted by molar-refractivity contribution is 8.02. The number of rotatable bonds is 7. The van der Waals surface area contributed by atoms with Crippen LogP contribution in [0.3, 0.4) is 0 Å². The number of likely N-dealkylation sites (tertiary alicyclic amines) is 1. The number of amides is 1. The molecule has 8 heteroatoms. The van der Waals surface area contributed by atoms with Crippen molar-refractivity contribution in [2.24, 2.45) is 5.92 Å². The molecule has 25 heavy (non-hydrogen) atoms. The van der Waals surface area contributed by atoms with Crippen LogP contribution in [0.1, 0.15) is 24.2 Å². The molecule has 0 unspecified atom stereocenters. The summed E-state index contributed by atoms with van der Waals surface area (Å²) in [5.74, 6) is -0.353. The first-order valence-electron chi connectivity index (χ1n) is 8.37. The highest BCUT2D eigenvalue weighted by Crippen LogP contribution is 2.30. The lowest BCUT2D eigenvalue weighted by Gasteiger charge is -2.33. The lowest BCUT2D eigenvalue weighted by Crippen LogP contribution is -2.40. The van der Waals surface area contributed by atoms with Gasteiger partial charge in [-0.2, -0.15) is 0 Å². The van der Waals surface area contributed by atoms with Gasteiger partial charge in [0.2, 0.25) is 5.91 Å². The molecule has 1 fully saturated rings. The van der Waals surface area contributed by atoms with Gasteiger partial charge in [-0.3, -0.25) is 9.59 Å². The number of aromatic nitrogens is 2. The highest BCUT2D eigenvalue weighted by atomic mass is 32.2. The molecule has 1 aromatic rings. The van der Waals surface area contributed by atoms with E-state index in [9.17, 15) is 9.59 Å². The number of nitrogens with zero attached hydrogens (tertiary/aromatic N) is 3. The van der Waals surface area contributed by atoms with E-state index in [0.717, 1.165) is 31.6 Å². The fourth-order valence-corrected chi connectivity index (χ4v) is 3.91. The predicted molar refractivity (Wildman–Crippen MR) is 98.3 cm³/mol. The van der Waals surface area contributed by atoms with Crippen LogP contribution in [-0.2, 0) is 22.6 Å². The minimum atomic E-state index is -0.916. The Morgan fingerprint density at radius 2 is 2.12 bits per heavy atom. The van der Waals surface area contributed by atoms with Crippen LogP contribution in [0, 0.1) is 12.8 Å². The SMILES string of the molecule is CN/C=C(\SC)C1CCN(C(=O)Cn2cnc(CC(=O)O)c2C)CC1. The number of thioether (sulfide) groups is 1. The number of hydrogen-bond acceptors (Lipinski definition) is 5. The normalized spacial score (nSPS) is 16.1. The first-order chi connectivity index (χ1) is 12.0. The Morgan fingerprint density at radius 1 is 1.44 bits per heavy atom. The van der Waals surface area contributed by atoms with Crippen LogP contribution in [0.2, 0.25) is 0 Å². The van der Waals surface area contributed by atoms with Crippen molar-refractivity contribution in [2.45, 2.75) is 32.7 Å². The predicted octanol–water partition coefficient (Wildman–Crippen LogP) is 1.48. The zero-order valence-corrected chi connectivity index (χ0v) is 15.8. The maximum atomic E-state index is 12.6. The molecule has 2 N–H and O–H groups in total. The second kappa shape index (κ2) is 8.94. The first-order valence-corrected chi connectivity index (χ1v) is 9.60. The number of piperidine rings is 1. The minimum Gasteiger partial charge on any atom is -0.481 e. The van der Waals surface area contributed by atoms with Crippen LogP contribution < -0.4 is 5.32 Å². The maximum absolute atomic E-state index is 12.6. The Hall–Kier alpha value is -1.96. The van der Waals surface area contributed by atoms with Crippen molar-refractivity contribution in [1.29, 1.82) is 0 Å². The molecular formula is C17H26N4O3S. The molecule has 0 atom stereocenters. The number of nitrogens with one attached hydrogen (secondary N) is 1. The van der Waals surface area contributed by atoms with Gasteiger partial charge in [0.05, 0.1) is 18.4 Å². The molecule has 7 nitrogen and oxygen atoms in total. The summed E-state index contributed by atoms with van der Waals surface area (Å²) in [5, 5.41) is 12.0. The number of carboxylic acids is 1. The number of allylic oxidation sites excluding steroid dienone is 1. The third kappa shape index (κ3) is 5.01. The number of aliphatic carboxylic acids is 1. The van der Waals surface area contributed by atoms with Gasteiger partial charge in [0.25, 0.3) is 0 Å². The lowest BCUT2D eigenvalue weighted by molar-refractivity contribution is -0.136. The van der Waals surface area contributed by atoms with Gasteiger partial charge in [0, 0.05) is 36.9 Å². The van der Waals surface area contributed by atoms with E-state index in [-0.39, 0.29) is 18.9 Å². The zero-order chi connectivity index (χ0) is 18.4. The average molecular weight is 366 g/mol. The van der Waals surface area contributed by atoms with Gasteiger partial charge < -0.3 is 19.9 Å². The molecule has 1 aliphatic heterocycles. The van der Waals surface area contributed by atoms with Crippen LogP contribution in [0.5, 0.6) is 0 Å². The molecule has 1 saturated heterocycles. The molecule has 0 bridgehead atoms. The van der Waals surface area contributed by atoms with Crippen molar-refractivity contribution in [1.82, 2.24) is 19.8 Å². The fraction of sp³-hybridized carbons (Fsp3) is 0.588. The Kier molecular flexibility index (Phi) is 6.92. The molecule has 1 aliphatic rings. The van der Waals surface area contributed by atoms with Crippen molar-refractivity contribution < 1.29 is 14.7 Å². The standard InChI is InChI=1S/C17H26N4O3S/c1-12-14(8-17(23)24)19-11-21(12)10-16(22)20-6-4-13(5-7-20)15(25-3)9-18-2/h9,11,13,18H,4-8,10H2,1-3H3,(H,23,24)/b15-9-. The molecule has 2 rings (SSSR count). The van der Waals surface area contributed by atoms with Gasteiger partial charge in [0.15, 0.2) is 0 Å². The van der Waals surface area contributed by atoms with E-state index in [1.54, 1.807) is 29.6 Å². The quantitative estimate of drug-likeness (QED) is 0.760. The van der Waals surface area contributed by atoms with Crippen molar-refractivity contribution in [3.63, 3.8) is 0 Å². The van der Waals surface area contributed by atoms with Crippen molar-refractivity contribution >= 4 is 23.6 Å². The van der Waals surface area contributed by atoms with Crippen LogP contribution in [0.4, 0.5) is 0 Å². The van der Waals surface area contributed by atoms with Crippen LogP contribution in [0.25, 0.3) is 0 Å². The highest BCUT2D eigenvalue weighted by Gasteiger charge is 2.25. The van der Waals surface area contributed by atoms with Gasteiger partial charge in [-0.25, -0.2) is 4.98 Å². The third-order valence-electron chi connectivity index (χ3n) is 4.60. The van der Waals surface area contributed by atoms with E-state index in [1.807, 2.05) is 18.1 Å². The molecule has 0 aliphatic carbocycles. The van der Waals surface area contributed by atoms with Crippen molar-refractivity contribution in [3.05, 3.63) is 28.8 Å². The summed E-state index contributed by atoms with van der Waals surface area (Å²) in [7, 11) is 1.90. The summed E-state index contributed by atoms with van der Waals surface area (Å²) >= 11 is 1.76. The molecule has 0 saturated carbocycles. The molecule has 0 spiro atoms. The Morgan fingerprint density at radius 3 is 2.68 bits per heavy atom. The number of imidazole rings is 1. The Labute approximate surface area is 152 Å². The summed E-state index contributed by atoms with van der Waals surface area (Å²) < 4.78 is 1.74. The number of hydrogen-bond donors (Lipinski definition) is 2. The molecule has 2 heterocycles. The Balaban J connectivity index is 1.92. The maximum Gasteiger partial charge on any atom is 0.309 e. The Bertz CT molecular complexity index is 648. The van der Waals surface area contributed by atoms with E-state index < -0.39 is 5.97 Å². The van der Waals surface area contributed by atoms with Crippen molar-refractivity contribution in [2.75, 3.05) is 26.4 Å². The molecule has 1 aromatic heterocycles. The fourth-order valence-electron chi connectivity index (χ4n) is 3.11. The van der Waals surface area contributed by atoms with Gasteiger partial charge in [-0.1, -0.05) is 0 Å². The molecule has 138 valence electrons. The zero-order valence-electron chi connectivity index (χ0n) is 15.0. The van der Waals surface area contributed by atoms with E-state index in [1.165, 1.54) is 4.91 Å². The lowest BCUT2D eigenvalue weighted by atomic mass is 9.96. The summed E-state index contributed by atoms with van der Waals surface area (Å²) in [6, 6.07) is 0. The van der Waals surface area contributed by atoms with Gasteiger partial charge in [-0.05, 0) is 31.9 Å². The molecule has 0 radical (unpaired) electrons. The monoisotopic (exact) mass is 366 g/mol. The second-order valence-electron chi connectivity index (χ2n) is 6.17. The first kappa shape index (κ1) is 19.4. The second-order valence-corrected chi connectivity index (χ2v) is 7.05. The number of carbonyl (C=O) groups excluding carboxylic acids is 1. The molecular weight excluding hydrogens is 340 g/mol. The van der Waals surface area contributed by atoms with Crippen LogP contribution in [-0.4, -0.2) is 57.8 Å². The average Bonchev–Trinajstić information content (AvgIpc) is 2.92. The molecule has 0 aromatic carbocycles. The molecule has 1 amide bonds. The van der Waals surface area contributed by atoms with E-state index in [2.05, 4.69) is 16.6 Å². The van der Waals surface area contributed by atoms with E-state index in [4.69, 9.17) is 5.11 Å². The number of carboxylic acid groups (broad SMARTS) is 1. The van der Waals surface area contributed by atoms with E-state index in [0.29, 0.717) is 11.6 Å². The minimum absolute atomic E-state index is 0.0594. The van der Waals surface area contributed by atoms with Crippen molar-refractivity contribution in [3.8, 4) is 0 Å². The van der Waals surface area contributed by atoms with Crippen LogP contribution >= 0.6 is 11.8 Å². The van der Waals surface area contributed by atoms with Gasteiger partial charge in [-0.15, -0.1) is 11.8 Å². The largest absolute Gasteiger partial charge is 0.481 e.